The average molecular weight is 350 g/mol. The summed E-state index contributed by atoms with van der Waals surface area (Å²) < 4.78 is 0.908. The molecule has 0 unspecified atom stereocenters. The van der Waals surface area contributed by atoms with Crippen molar-refractivity contribution in [2.24, 2.45) is 0 Å². The number of hydrogen-bond acceptors (Lipinski definition) is 2. The third kappa shape index (κ3) is 3.64. The zero-order valence-electron chi connectivity index (χ0n) is 11.2. The average Bonchev–Trinajstić information content (AvgIpc) is 2.41. The summed E-state index contributed by atoms with van der Waals surface area (Å²) in [6.45, 7) is 2.12. The Bertz CT molecular complexity index is 628. The van der Waals surface area contributed by atoms with E-state index in [4.69, 9.17) is 0 Å². The van der Waals surface area contributed by atoms with E-state index in [1.807, 2.05) is 36.4 Å². The van der Waals surface area contributed by atoms with E-state index in [0.29, 0.717) is 10.5 Å². The Morgan fingerprint density at radius 3 is 2.70 bits per heavy atom. The number of carbonyl (C=O) groups is 1. The van der Waals surface area contributed by atoms with Crippen LogP contribution in [-0.2, 0) is 6.42 Å². The van der Waals surface area contributed by atoms with Gasteiger partial charge in [0.25, 0.3) is 5.91 Å². The van der Waals surface area contributed by atoms with Gasteiger partial charge in [0.1, 0.15) is 0 Å². The van der Waals surface area contributed by atoms with Crippen LogP contribution in [0.4, 0.5) is 5.69 Å². The van der Waals surface area contributed by atoms with Gasteiger partial charge < -0.3 is 5.32 Å². The maximum Gasteiger partial charge on any atom is 0.256 e. The fraction of sp³-hybridized carbons (Fsp3) is 0.188. The third-order valence-corrected chi connectivity index (χ3v) is 3.85. The number of rotatable bonds is 4. The molecule has 20 heavy (non-hydrogen) atoms. The van der Waals surface area contributed by atoms with Crippen LogP contribution in [0.5, 0.6) is 0 Å². The van der Waals surface area contributed by atoms with Gasteiger partial charge >= 0.3 is 0 Å². The smallest absolute Gasteiger partial charge is 0.256 e. The minimum absolute atomic E-state index is 0.133. The van der Waals surface area contributed by atoms with Crippen LogP contribution < -0.4 is 5.32 Å². The first kappa shape index (κ1) is 15.1. The summed E-state index contributed by atoms with van der Waals surface area (Å²) >= 11 is 7.71. The van der Waals surface area contributed by atoms with Crippen molar-refractivity contribution in [2.45, 2.75) is 24.7 Å². The molecule has 0 bridgehead atoms. The highest BCUT2D eigenvalue weighted by Gasteiger charge is 2.11. The molecule has 0 aliphatic carbocycles. The van der Waals surface area contributed by atoms with Crippen LogP contribution in [0.15, 0.2) is 51.8 Å². The highest BCUT2D eigenvalue weighted by Crippen LogP contribution is 2.22. The van der Waals surface area contributed by atoms with Crippen LogP contribution in [0, 0.1) is 0 Å². The van der Waals surface area contributed by atoms with E-state index >= 15 is 0 Å². The molecule has 2 rings (SSSR count). The van der Waals surface area contributed by atoms with Crippen molar-refractivity contribution in [3.05, 3.63) is 58.1 Å². The minimum Gasteiger partial charge on any atom is -0.322 e. The van der Waals surface area contributed by atoms with Gasteiger partial charge in [-0.3, -0.25) is 4.79 Å². The molecule has 0 atom stereocenters. The summed E-state index contributed by atoms with van der Waals surface area (Å²) in [7, 11) is 0. The van der Waals surface area contributed by atoms with E-state index in [1.165, 1.54) is 0 Å². The Hall–Kier alpha value is -1.26. The van der Waals surface area contributed by atoms with E-state index in [1.54, 1.807) is 6.07 Å². The second-order valence-corrected chi connectivity index (χ2v) is 5.92. The van der Waals surface area contributed by atoms with Crippen LogP contribution in [0.25, 0.3) is 0 Å². The van der Waals surface area contributed by atoms with Gasteiger partial charge in [0.15, 0.2) is 0 Å². The van der Waals surface area contributed by atoms with E-state index in [9.17, 15) is 4.79 Å². The minimum atomic E-state index is -0.133. The predicted octanol–water partition coefficient (Wildman–Crippen LogP) is 4.94. The zero-order chi connectivity index (χ0) is 14.5. The molecule has 0 spiro atoms. The van der Waals surface area contributed by atoms with Crippen molar-refractivity contribution in [1.82, 2.24) is 0 Å². The zero-order valence-corrected chi connectivity index (χ0v) is 13.7. The molecule has 1 amide bonds. The molecule has 0 saturated heterocycles. The Balaban J connectivity index is 2.23. The number of para-hydroxylation sites is 1. The molecule has 2 aromatic carbocycles. The Morgan fingerprint density at radius 1 is 1.25 bits per heavy atom. The van der Waals surface area contributed by atoms with E-state index in [0.717, 1.165) is 28.6 Å². The Kier molecular flexibility index (Phi) is 5.26. The van der Waals surface area contributed by atoms with Crippen LogP contribution >= 0.6 is 28.6 Å². The van der Waals surface area contributed by atoms with E-state index < -0.39 is 0 Å². The molecule has 0 aliphatic heterocycles. The Labute approximate surface area is 133 Å². The largest absolute Gasteiger partial charge is 0.322 e. The maximum absolute atomic E-state index is 12.3. The number of halogens is 1. The summed E-state index contributed by atoms with van der Waals surface area (Å²) in [6.07, 6.45) is 1.99. The molecule has 0 fully saturated rings. The number of aryl methyl sites for hydroxylation is 1. The molecule has 0 aromatic heterocycles. The molecule has 104 valence electrons. The van der Waals surface area contributed by atoms with Crippen molar-refractivity contribution in [2.75, 3.05) is 5.32 Å². The lowest BCUT2D eigenvalue weighted by atomic mass is 10.1. The number of thiol groups is 1. The van der Waals surface area contributed by atoms with Gasteiger partial charge in [0.05, 0.1) is 5.56 Å². The molecular weight excluding hydrogens is 334 g/mol. The number of carbonyl (C=O) groups excluding carboxylic acids is 1. The topological polar surface area (TPSA) is 29.1 Å². The lowest BCUT2D eigenvalue weighted by Crippen LogP contribution is -2.14. The SMILES string of the molecule is CCCc1ccccc1NC(=O)c1ccc(Br)cc1S. The van der Waals surface area contributed by atoms with Crippen molar-refractivity contribution in [1.29, 1.82) is 0 Å². The van der Waals surface area contributed by atoms with E-state index in [2.05, 4.69) is 40.8 Å². The number of benzene rings is 2. The van der Waals surface area contributed by atoms with Crippen molar-refractivity contribution >= 4 is 40.2 Å². The normalized spacial score (nSPS) is 10.3. The van der Waals surface area contributed by atoms with Crippen LogP contribution in [0.1, 0.15) is 29.3 Å². The number of hydrogen-bond donors (Lipinski definition) is 2. The summed E-state index contributed by atoms with van der Waals surface area (Å²) in [5, 5.41) is 2.97. The van der Waals surface area contributed by atoms with Crippen molar-refractivity contribution in [3.8, 4) is 0 Å². The summed E-state index contributed by atoms with van der Waals surface area (Å²) in [5.74, 6) is -0.133. The summed E-state index contributed by atoms with van der Waals surface area (Å²) in [6, 6.07) is 13.3. The van der Waals surface area contributed by atoms with Gasteiger partial charge in [-0.15, -0.1) is 12.6 Å². The van der Waals surface area contributed by atoms with Gasteiger partial charge in [0.2, 0.25) is 0 Å². The fourth-order valence-corrected chi connectivity index (χ4v) is 2.87. The third-order valence-electron chi connectivity index (χ3n) is 2.99. The van der Waals surface area contributed by atoms with Gasteiger partial charge in [-0.25, -0.2) is 0 Å². The summed E-state index contributed by atoms with van der Waals surface area (Å²) in [5.41, 5.74) is 2.60. The van der Waals surface area contributed by atoms with Crippen LogP contribution in [0.3, 0.4) is 0 Å². The molecule has 0 aliphatic rings. The van der Waals surface area contributed by atoms with Crippen LogP contribution in [-0.4, -0.2) is 5.91 Å². The van der Waals surface area contributed by atoms with Gasteiger partial charge in [0, 0.05) is 15.1 Å². The lowest BCUT2D eigenvalue weighted by Gasteiger charge is -2.11. The maximum atomic E-state index is 12.3. The highest BCUT2D eigenvalue weighted by molar-refractivity contribution is 9.10. The molecule has 4 heteroatoms. The van der Waals surface area contributed by atoms with Crippen molar-refractivity contribution in [3.63, 3.8) is 0 Å². The second kappa shape index (κ2) is 6.95. The van der Waals surface area contributed by atoms with Crippen LogP contribution in [0.2, 0.25) is 0 Å². The first-order valence-electron chi connectivity index (χ1n) is 6.49. The van der Waals surface area contributed by atoms with Gasteiger partial charge in [-0.1, -0.05) is 47.5 Å². The van der Waals surface area contributed by atoms with Crippen molar-refractivity contribution < 1.29 is 4.79 Å². The molecule has 0 radical (unpaired) electrons. The molecular formula is C16H16BrNOS. The quantitative estimate of drug-likeness (QED) is 0.751. The fourth-order valence-electron chi connectivity index (χ4n) is 2.02. The first-order chi connectivity index (χ1) is 9.61. The standard InChI is InChI=1S/C16H16BrNOS/c1-2-5-11-6-3-4-7-14(11)18-16(19)13-9-8-12(17)10-15(13)20/h3-4,6-10,20H,2,5H2,1H3,(H,18,19). The first-order valence-corrected chi connectivity index (χ1v) is 7.73. The Morgan fingerprint density at radius 2 is 2.00 bits per heavy atom. The highest BCUT2D eigenvalue weighted by atomic mass is 79.9. The van der Waals surface area contributed by atoms with Gasteiger partial charge in [-0.05, 0) is 36.2 Å². The molecule has 2 aromatic rings. The molecule has 2 nitrogen and oxygen atoms in total. The number of amides is 1. The predicted molar refractivity (Wildman–Crippen MR) is 89.8 cm³/mol. The molecule has 0 heterocycles. The van der Waals surface area contributed by atoms with E-state index in [-0.39, 0.29) is 5.91 Å². The summed E-state index contributed by atoms with van der Waals surface area (Å²) in [4.78, 5) is 13.0. The lowest BCUT2D eigenvalue weighted by molar-refractivity contribution is 0.102. The molecule has 1 N–H and O–H groups in total. The molecule has 0 saturated carbocycles. The number of nitrogens with one attached hydrogen (secondary N) is 1. The second-order valence-electron chi connectivity index (χ2n) is 4.52. The monoisotopic (exact) mass is 349 g/mol. The van der Waals surface area contributed by atoms with Gasteiger partial charge in [-0.2, -0.15) is 0 Å². The number of anilines is 1.